The van der Waals surface area contributed by atoms with E-state index in [1.54, 1.807) is 18.2 Å². The van der Waals surface area contributed by atoms with Gasteiger partial charge in [0, 0.05) is 16.6 Å². The number of benzene rings is 1. The molecule has 0 bridgehead atoms. The van der Waals surface area contributed by atoms with Crippen LogP contribution in [0.4, 0.5) is 0 Å². The van der Waals surface area contributed by atoms with Crippen LogP contribution in [0.1, 0.15) is 0 Å². The lowest BCUT2D eigenvalue weighted by molar-refractivity contribution is -0.137. The highest BCUT2D eigenvalue weighted by Crippen LogP contribution is 2.28. The van der Waals surface area contributed by atoms with Crippen LogP contribution in [0.5, 0.6) is 5.75 Å². The number of aromatic nitrogens is 1. The molecule has 0 aliphatic carbocycles. The van der Waals surface area contributed by atoms with E-state index < -0.39 is 5.97 Å². The minimum Gasteiger partial charge on any atom is -0.506 e. The van der Waals surface area contributed by atoms with E-state index in [2.05, 4.69) is 0 Å². The minimum absolute atomic E-state index is 0.0583. The van der Waals surface area contributed by atoms with Gasteiger partial charge in [0.05, 0.1) is 5.52 Å². The summed E-state index contributed by atoms with van der Waals surface area (Å²) in [5, 5.41) is 19.3. The molecule has 0 saturated carbocycles. The van der Waals surface area contributed by atoms with Gasteiger partial charge in [-0.2, -0.15) is 0 Å². The number of aliphatic carboxylic acids is 1. The number of rotatable bonds is 2. The zero-order valence-electron chi connectivity index (χ0n) is 7.64. The molecule has 5 heteroatoms. The van der Waals surface area contributed by atoms with Crippen molar-refractivity contribution in [3.63, 3.8) is 0 Å². The van der Waals surface area contributed by atoms with Crippen LogP contribution in [0.25, 0.3) is 10.9 Å². The maximum absolute atomic E-state index is 10.6. The average molecular weight is 226 g/mol. The van der Waals surface area contributed by atoms with Gasteiger partial charge < -0.3 is 14.8 Å². The van der Waals surface area contributed by atoms with Gasteiger partial charge in [-0.25, -0.2) is 0 Å². The molecular weight excluding hydrogens is 218 g/mol. The molecule has 0 atom stereocenters. The lowest BCUT2D eigenvalue weighted by Crippen LogP contribution is -2.07. The number of halogens is 1. The normalized spacial score (nSPS) is 10.7. The summed E-state index contributed by atoms with van der Waals surface area (Å²) >= 11 is 5.79. The fourth-order valence-corrected chi connectivity index (χ4v) is 1.69. The molecule has 1 aromatic carbocycles. The third kappa shape index (κ3) is 1.76. The van der Waals surface area contributed by atoms with Crippen LogP contribution in [0.3, 0.4) is 0 Å². The van der Waals surface area contributed by atoms with Gasteiger partial charge in [0.2, 0.25) is 0 Å². The van der Waals surface area contributed by atoms with Crippen LogP contribution in [-0.2, 0) is 11.3 Å². The van der Waals surface area contributed by atoms with Crippen molar-refractivity contribution in [2.45, 2.75) is 6.54 Å². The Morgan fingerprint density at radius 2 is 2.20 bits per heavy atom. The van der Waals surface area contributed by atoms with Gasteiger partial charge in [0.15, 0.2) is 0 Å². The second-order valence-corrected chi connectivity index (χ2v) is 3.63. The number of carboxylic acid groups (broad SMARTS) is 1. The number of nitrogens with zero attached hydrogens (tertiary/aromatic N) is 1. The van der Waals surface area contributed by atoms with Crippen LogP contribution in [0.2, 0.25) is 5.02 Å². The van der Waals surface area contributed by atoms with Crippen molar-refractivity contribution >= 4 is 28.5 Å². The van der Waals surface area contributed by atoms with E-state index >= 15 is 0 Å². The number of hydrogen-bond donors (Lipinski definition) is 2. The smallest absolute Gasteiger partial charge is 0.323 e. The summed E-state index contributed by atoms with van der Waals surface area (Å²) in [5.41, 5.74) is 0.613. The maximum Gasteiger partial charge on any atom is 0.323 e. The quantitative estimate of drug-likeness (QED) is 0.823. The molecule has 0 amide bonds. The van der Waals surface area contributed by atoms with E-state index in [4.69, 9.17) is 16.7 Å². The van der Waals surface area contributed by atoms with Gasteiger partial charge >= 0.3 is 5.97 Å². The van der Waals surface area contributed by atoms with Crippen LogP contribution >= 0.6 is 11.6 Å². The highest BCUT2D eigenvalue weighted by molar-refractivity contribution is 6.31. The molecule has 1 heterocycles. The third-order valence-corrected chi connectivity index (χ3v) is 2.36. The molecule has 0 spiro atoms. The van der Waals surface area contributed by atoms with Crippen molar-refractivity contribution < 1.29 is 15.0 Å². The van der Waals surface area contributed by atoms with E-state index in [0.29, 0.717) is 15.9 Å². The fourth-order valence-electron chi connectivity index (χ4n) is 1.52. The summed E-state index contributed by atoms with van der Waals surface area (Å²) in [6.07, 6.45) is 1.38. The molecule has 0 aliphatic rings. The largest absolute Gasteiger partial charge is 0.506 e. The van der Waals surface area contributed by atoms with E-state index in [9.17, 15) is 9.90 Å². The van der Waals surface area contributed by atoms with Gasteiger partial charge in [0.1, 0.15) is 12.3 Å². The Labute approximate surface area is 90.3 Å². The predicted octanol–water partition coefficient (Wildman–Crippen LogP) is 2.08. The second kappa shape index (κ2) is 3.47. The average Bonchev–Trinajstić information content (AvgIpc) is 2.42. The maximum atomic E-state index is 10.6. The zero-order chi connectivity index (χ0) is 11.0. The highest BCUT2D eigenvalue weighted by Gasteiger charge is 2.09. The van der Waals surface area contributed by atoms with Gasteiger partial charge in [-0.05, 0) is 18.2 Å². The fraction of sp³-hybridized carbons (Fsp3) is 0.100. The molecule has 1 aromatic heterocycles. The third-order valence-electron chi connectivity index (χ3n) is 2.13. The van der Waals surface area contributed by atoms with Crippen LogP contribution in [0.15, 0.2) is 24.4 Å². The standard InChI is InChI=1S/C10H8ClNO3/c11-6-1-2-7-8(3-6)12(4-9(7)13)5-10(14)15/h1-4,13H,5H2,(H,14,15). The molecule has 2 rings (SSSR count). The van der Waals surface area contributed by atoms with Crippen molar-refractivity contribution in [3.05, 3.63) is 29.4 Å². The summed E-state index contributed by atoms with van der Waals surface area (Å²) in [7, 11) is 0. The Balaban J connectivity index is 2.64. The SMILES string of the molecule is O=C(O)Cn1cc(O)c2ccc(Cl)cc21. The lowest BCUT2D eigenvalue weighted by atomic mass is 10.2. The van der Waals surface area contributed by atoms with Crippen molar-refractivity contribution in [2.75, 3.05) is 0 Å². The minimum atomic E-state index is -0.966. The zero-order valence-corrected chi connectivity index (χ0v) is 8.40. The first-order chi connectivity index (χ1) is 7.08. The van der Waals surface area contributed by atoms with Gasteiger partial charge in [-0.1, -0.05) is 11.6 Å². The Kier molecular flexibility index (Phi) is 2.28. The highest BCUT2D eigenvalue weighted by atomic mass is 35.5. The molecule has 0 fully saturated rings. The van der Waals surface area contributed by atoms with Crippen LogP contribution in [0, 0.1) is 0 Å². The van der Waals surface area contributed by atoms with Gasteiger partial charge in [-0.15, -0.1) is 0 Å². The molecule has 15 heavy (non-hydrogen) atoms. The first kappa shape index (κ1) is 9.86. The Morgan fingerprint density at radius 3 is 2.87 bits per heavy atom. The summed E-state index contributed by atoms with van der Waals surface area (Å²) in [6, 6.07) is 4.93. The molecule has 2 aromatic rings. The number of carboxylic acids is 1. The summed E-state index contributed by atoms with van der Waals surface area (Å²) in [5.74, 6) is -0.908. The Bertz CT molecular complexity index is 533. The molecule has 0 radical (unpaired) electrons. The van der Waals surface area contributed by atoms with Crippen molar-refractivity contribution in [1.82, 2.24) is 4.57 Å². The molecule has 2 N–H and O–H groups in total. The number of aromatic hydroxyl groups is 1. The van der Waals surface area contributed by atoms with Crippen LogP contribution in [-0.4, -0.2) is 20.7 Å². The van der Waals surface area contributed by atoms with Crippen molar-refractivity contribution in [1.29, 1.82) is 0 Å². The van der Waals surface area contributed by atoms with Crippen molar-refractivity contribution in [3.8, 4) is 5.75 Å². The number of fused-ring (bicyclic) bond motifs is 1. The van der Waals surface area contributed by atoms with Gasteiger partial charge in [-0.3, -0.25) is 4.79 Å². The summed E-state index contributed by atoms with van der Waals surface area (Å²) in [6.45, 7) is -0.197. The summed E-state index contributed by atoms with van der Waals surface area (Å²) in [4.78, 5) is 10.6. The molecule has 0 aliphatic heterocycles. The molecule has 0 saturated heterocycles. The molecule has 78 valence electrons. The Hall–Kier alpha value is -1.68. The molecular formula is C10H8ClNO3. The number of carbonyl (C=O) groups is 1. The van der Waals surface area contributed by atoms with E-state index in [-0.39, 0.29) is 12.3 Å². The summed E-state index contributed by atoms with van der Waals surface area (Å²) < 4.78 is 1.44. The van der Waals surface area contributed by atoms with E-state index in [0.717, 1.165) is 0 Å². The van der Waals surface area contributed by atoms with Crippen LogP contribution < -0.4 is 0 Å². The lowest BCUT2D eigenvalue weighted by Gasteiger charge is -2.00. The number of hydrogen-bond acceptors (Lipinski definition) is 2. The van der Waals surface area contributed by atoms with E-state index in [1.165, 1.54) is 10.8 Å². The monoisotopic (exact) mass is 225 g/mol. The first-order valence-electron chi connectivity index (χ1n) is 4.27. The van der Waals surface area contributed by atoms with Crippen molar-refractivity contribution in [2.24, 2.45) is 0 Å². The first-order valence-corrected chi connectivity index (χ1v) is 4.65. The molecule has 0 unspecified atom stereocenters. The van der Waals surface area contributed by atoms with Gasteiger partial charge in [0.25, 0.3) is 0 Å². The van der Waals surface area contributed by atoms with E-state index in [1.807, 2.05) is 0 Å². The Morgan fingerprint density at radius 1 is 1.47 bits per heavy atom. The predicted molar refractivity (Wildman–Crippen MR) is 56.2 cm³/mol. The second-order valence-electron chi connectivity index (χ2n) is 3.20. The topological polar surface area (TPSA) is 62.5 Å². The molecule has 4 nitrogen and oxygen atoms in total.